The van der Waals surface area contributed by atoms with Crippen molar-refractivity contribution in [3.8, 4) is 0 Å². The van der Waals surface area contributed by atoms with Gasteiger partial charge in [0.1, 0.15) is 0 Å². The van der Waals surface area contributed by atoms with Crippen LogP contribution in [-0.2, 0) is 4.79 Å². The molecule has 0 bridgehead atoms. The molecular weight excluding hydrogens is 326 g/mol. The summed E-state index contributed by atoms with van der Waals surface area (Å²) in [7, 11) is 0. The highest BCUT2D eigenvalue weighted by molar-refractivity contribution is 6.07. The fraction of sp³-hybridized carbons (Fsp3) is 0.412. The number of carbonyl (C=O) groups excluding carboxylic acids is 1. The molecule has 4 rings (SSSR count). The largest absolute Gasteiger partial charge is 0.481 e. The first-order valence-electron chi connectivity index (χ1n) is 8.23. The molecule has 8 nitrogen and oxygen atoms in total. The lowest BCUT2D eigenvalue weighted by Gasteiger charge is -2.15. The van der Waals surface area contributed by atoms with Crippen molar-refractivity contribution >= 4 is 28.5 Å². The number of carbonyl (C=O) groups is 2. The number of aliphatic carboxylic acids is 1. The highest BCUT2D eigenvalue weighted by Crippen LogP contribution is 2.44. The number of benzene rings is 1. The topological polar surface area (TPSA) is 117 Å². The highest BCUT2D eigenvalue weighted by Gasteiger charge is 2.47. The molecule has 1 aliphatic heterocycles. The molecule has 2 heterocycles. The molecule has 130 valence electrons. The first kappa shape index (κ1) is 15.6. The molecule has 2 fully saturated rings. The van der Waals surface area contributed by atoms with E-state index in [9.17, 15) is 24.8 Å². The lowest BCUT2D eigenvalue weighted by atomic mass is 9.92. The van der Waals surface area contributed by atoms with Gasteiger partial charge < -0.3 is 15.0 Å². The van der Waals surface area contributed by atoms with Gasteiger partial charge in [-0.1, -0.05) is 0 Å². The molecule has 2 aromatic rings. The summed E-state index contributed by atoms with van der Waals surface area (Å²) in [5.74, 6) is -1.28. The van der Waals surface area contributed by atoms with Gasteiger partial charge in [0.15, 0.2) is 0 Å². The van der Waals surface area contributed by atoms with E-state index < -0.39 is 16.8 Å². The number of amides is 1. The quantitative estimate of drug-likeness (QED) is 0.652. The van der Waals surface area contributed by atoms with Crippen LogP contribution in [0.1, 0.15) is 23.2 Å². The van der Waals surface area contributed by atoms with E-state index >= 15 is 0 Å². The first-order chi connectivity index (χ1) is 12.0. The molecule has 2 N–H and O–H groups in total. The zero-order valence-electron chi connectivity index (χ0n) is 13.3. The monoisotopic (exact) mass is 343 g/mol. The maximum Gasteiger partial charge on any atom is 0.308 e. The molecule has 0 spiro atoms. The third-order valence-electron chi connectivity index (χ3n) is 5.30. The Morgan fingerprint density at radius 3 is 2.68 bits per heavy atom. The Morgan fingerprint density at radius 1 is 1.28 bits per heavy atom. The Morgan fingerprint density at radius 2 is 2.04 bits per heavy atom. The molecule has 1 aliphatic carbocycles. The summed E-state index contributed by atoms with van der Waals surface area (Å²) >= 11 is 0. The molecule has 8 heteroatoms. The minimum Gasteiger partial charge on any atom is -0.481 e. The van der Waals surface area contributed by atoms with Crippen LogP contribution in [0.2, 0.25) is 0 Å². The maximum absolute atomic E-state index is 12.9. The minimum atomic E-state index is -0.859. The standard InChI is InChI=1S/C17H17N3O5/c21-16(19-7-13(9-1-2-9)14(8-19)17(22)23)12-6-18-15-4-3-10(20(24)25)5-11(12)15/h3-6,9,13-14,18H,1-2,7-8H2,(H,22,23)/t13-,14+/m1/s1. The van der Waals surface area contributed by atoms with E-state index in [0.29, 0.717) is 28.9 Å². The lowest BCUT2D eigenvalue weighted by molar-refractivity contribution is -0.384. The molecular formula is C17H17N3O5. The van der Waals surface area contributed by atoms with Gasteiger partial charge in [-0.2, -0.15) is 0 Å². The number of aromatic amines is 1. The summed E-state index contributed by atoms with van der Waals surface area (Å²) in [6, 6.07) is 4.33. The van der Waals surface area contributed by atoms with Crippen molar-refractivity contribution in [1.29, 1.82) is 0 Å². The van der Waals surface area contributed by atoms with Crippen molar-refractivity contribution in [3.63, 3.8) is 0 Å². The highest BCUT2D eigenvalue weighted by atomic mass is 16.6. The van der Waals surface area contributed by atoms with Gasteiger partial charge in [0.05, 0.1) is 16.4 Å². The fourth-order valence-electron chi connectivity index (χ4n) is 3.83. The molecule has 1 saturated heterocycles. The van der Waals surface area contributed by atoms with Crippen LogP contribution in [0.25, 0.3) is 10.9 Å². The number of nitro benzene ring substituents is 1. The van der Waals surface area contributed by atoms with Gasteiger partial charge in [0.25, 0.3) is 11.6 Å². The van der Waals surface area contributed by atoms with E-state index in [0.717, 1.165) is 12.8 Å². The lowest BCUT2D eigenvalue weighted by Crippen LogP contribution is -2.29. The van der Waals surface area contributed by atoms with Crippen molar-refractivity contribution in [2.24, 2.45) is 17.8 Å². The van der Waals surface area contributed by atoms with Crippen molar-refractivity contribution in [1.82, 2.24) is 9.88 Å². The number of H-pyrrole nitrogens is 1. The van der Waals surface area contributed by atoms with Gasteiger partial charge in [-0.05, 0) is 30.7 Å². The van der Waals surface area contributed by atoms with E-state index in [1.807, 2.05) is 0 Å². The zero-order chi connectivity index (χ0) is 17.7. The molecule has 0 unspecified atom stereocenters. The maximum atomic E-state index is 12.9. The average molecular weight is 343 g/mol. The van der Waals surface area contributed by atoms with Gasteiger partial charge >= 0.3 is 5.97 Å². The average Bonchev–Trinajstić information content (AvgIpc) is 3.19. The number of rotatable bonds is 4. The van der Waals surface area contributed by atoms with E-state index in [2.05, 4.69) is 4.98 Å². The summed E-state index contributed by atoms with van der Waals surface area (Å²) in [5, 5.41) is 20.9. The van der Waals surface area contributed by atoms with Crippen molar-refractivity contribution in [2.45, 2.75) is 12.8 Å². The number of nitrogens with zero attached hydrogens (tertiary/aromatic N) is 2. The first-order valence-corrected chi connectivity index (χ1v) is 8.23. The van der Waals surface area contributed by atoms with Gasteiger partial charge in [0.2, 0.25) is 0 Å². The van der Waals surface area contributed by atoms with Crippen LogP contribution in [0, 0.1) is 27.9 Å². The van der Waals surface area contributed by atoms with Crippen LogP contribution < -0.4 is 0 Å². The van der Waals surface area contributed by atoms with E-state index in [1.165, 1.54) is 18.3 Å². The number of carboxylic acids is 1. The SMILES string of the molecule is O=C(O)[C@H]1CN(C(=O)c2c[nH]c3ccc([N+](=O)[O-])cc23)C[C@@H]1C1CC1. The van der Waals surface area contributed by atoms with Crippen LogP contribution in [0.3, 0.4) is 0 Å². The third-order valence-corrected chi connectivity index (χ3v) is 5.30. The van der Waals surface area contributed by atoms with Crippen LogP contribution >= 0.6 is 0 Å². The summed E-state index contributed by atoms with van der Waals surface area (Å²) in [4.78, 5) is 39.4. The summed E-state index contributed by atoms with van der Waals surface area (Å²) < 4.78 is 0. The second-order valence-electron chi connectivity index (χ2n) is 6.85. The second-order valence-corrected chi connectivity index (χ2v) is 6.85. The summed E-state index contributed by atoms with van der Waals surface area (Å²) in [6.07, 6.45) is 3.59. The van der Waals surface area contributed by atoms with E-state index in [-0.39, 0.29) is 24.1 Å². The summed E-state index contributed by atoms with van der Waals surface area (Å²) in [5.41, 5.74) is 0.905. The van der Waals surface area contributed by atoms with Crippen molar-refractivity contribution in [3.05, 3.63) is 40.1 Å². The smallest absolute Gasteiger partial charge is 0.308 e. The van der Waals surface area contributed by atoms with Crippen LogP contribution in [0.4, 0.5) is 5.69 Å². The number of non-ortho nitro benzene ring substituents is 1. The van der Waals surface area contributed by atoms with Gasteiger partial charge in [-0.3, -0.25) is 19.7 Å². The second kappa shape index (κ2) is 5.58. The third kappa shape index (κ3) is 2.63. The predicted molar refractivity (Wildman–Crippen MR) is 88.2 cm³/mol. The van der Waals surface area contributed by atoms with Crippen molar-refractivity contribution < 1.29 is 19.6 Å². The van der Waals surface area contributed by atoms with E-state index in [1.54, 1.807) is 11.0 Å². The zero-order valence-corrected chi connectivity index (χ0v) is 13.3. The van der Waals surface area contributed by atoms with Gasteiger partial charge in [-0.15, -0.1) is 0 Å². The van der Waals surface area contributed by atoms with Crippen LogP contribution in [0.5, 0.6) is 0 Å². The Kier molecular flexibility index (Phi) is 3.48. The van der Waals surface area contributed by atoms with E-state index in [4.69, 9.17) is 0 Å². The molecule has 2 aliphatic rings. The Balaban J connectivity index is 1.65. The fourth-order valence-corrected chi connectivity index (χ4v) is 3.83. The van der Waals surface area contributed by atoms with Crippen LogP contribution in [-0.4, -0.2) is 44.9 Å². The van der Waals surface area contributed by atoms with Gasteiger partial charge in [0, 0.05) is 42.3 Å². The molecule has 25 heavy (non-hydrogen) atoms. The number of likely N-dealkylation sites (tertiary alicyclic amines) is 1. The molecule has 0 radical (unpaired) electrons. The number of aromatic nitrogens is 1. The Labute approximate surface area is 142 Å². The van der Waals surface area contributed by atoms with Crippen LogP contribution in [0.15, 0.2) is 24.4 Å². The number of carboxylic acid groups (broad SMARTS) is 1. The normalized spacial score (nSPS) is 23.1. The Hall–Kier alpha value is -2.90. The number of hydrogen-bond acceptors (Lipinski definition) is 4. The van der Waals surface area contributed by atoms with Gasteiger partial charge in [-0.25, -0.2) is 0 Å². The Bertz CT molecular complexity index is 886. The minimum absolute atomic E-state index is 0.000919. The predicted octanol–water partition coefficient (Wildman–Crippen LogP) is 2.26. The number of nitrogens with one attached hydrogen (secondary N) is 1. The number of hydrogen-bond donors (Lipinski definition) is 2. The van der Waals surface area contributed by atoms with Crippen molar-refractivity contribution in [2.75, 3.05) is 13.1 Å². The molecule has 1 saturated carbocycles. The molecule has 1 aromatic heterocycles. The molecule has 1 amide bonds. The number of fused-ring (bicyclic) bond motifs is 1. The summed E-state index contributed by atoms with van der Waals surface area (Å²) in [6.45, 7) is 0.624. The molecule has 1 aromatic carbocycles. The molecule has 2 atom stereocenters. The number of nitro groups is 1.